The van der Waals surface area contributed by atoms with E-state index < -0.39 is 11.6 Å². The zero-order chi connectivity index (χ0) is 15.4. The van der Waals surface area contributed by atoms with Crippen molar-refractivity contribution in [3.8, 4) is 0 Å². The van der Waals surface area contributed by atoms with Gasteiger partial charge in [0.25, 0.3) is 0 Å². The van der Waals surface area contributed by atoms with Gasteiger partial charge in [-0.1, -0.05) is 26.0 Å². The molecule has 1 aliphatic carbocycles. The fraction of sp³-hybridized carbons (Fsp3) is 0.667. The van der Waals surface area contributed by atoms with Crippen LogP contribution in [-0.4, -0.2) is 13.1 Å². The van der Waals surface area contributed by atoms with E-state index in [0.717, 1.165) is 11.8 Å². The minimum absolute atomic E-state index is 0.231. The lowest BCUT2D eigenvalue weighted by Crippen LogP contribution is -2.38. The third-order valence-electron chi connectivity index (χ3n) is 5.17. The summed E-state index contributed by atoms with van der Waals surface area (Å²) < 4.78 is 27.2. The number of likely N-dealkylation sites (N-methyl/N-ethyl adjacent to an activating group) is 1. The Kier molecular flexibility index (Phi) is 5.74. The first kappa shape index (κ1) is 16.4. The van der Waals surface area contributed by atoms with Crippen molar-refractivity contribution in [2.75, 3.05) is 7.05 Å². The van der Waals surface area contributed by atoms with Crippen molar-refractivity contribution in [3.63, 3.8) is 0 Å². The van der Waals surface area contributed by atoms with E-state index in [-0.39, 0.29) is 6.04 Å². The summed E-state index contributed by atoms with van der Waals surface area (Å²) in [7, 11) is 1.93. The SMILES string of the molecule is CNC(Cc1cccc(F)c1F)C1CCC(C(C)C)CC1. The largest absolute Gasteiger partial charge is 0.316 e. The zero-order valence-electron chi connectivity index (χ0n) is 13.3. The highest BCUT2D eigenvalue weighted by molar-refractivity contribution is 5.20. The van der Waals surface area contributed by atoms with Gasteiger partial charge >= 0.3 is 0 Å². The van der Waals surface area contributed by atoms with Gasteiger partial charge in [0.1, 0.15) is 0 Å². The van der Waals surface area contributed by atoms with Crippen LogP contribution in [0.15, 0.2) is 18.2 Å². The van der Waals surface area contributed by atoms with Gasteiger partial charge in [-0.15, -0.1) is 0 Å². The van der Waals surface area contributed by atoms with Gasteiger partial charge in [0.05, 0.1) is 0 Å². The van der Waals surface area contributed by atoms with Gasteiger partial charge in [-0.05, 0) is 68.5 Å². The minimum atomic E-state index is -0.745. The van der Waals surface area contributed by atoms with Crippen molar-refractivity contribution in [1.82, 2.24) is 5.32 Å². The number of hydrogen-bond acceptors (Lipinski definition) is 1. The molecule has 1 aromatic rings. The molecular weight excluding hydrogens is 268 g/mol. The molecule has 118 valence electrons. The first-order valence-electron chi connectivity index (χ1n) is 8.13. The van der Waals surface area contributed by atoms with Crippen molar-refractivity contribution in [2.24, 2.45) is 17.8 Å². The number of rotatable bonds is 5. The Balaban J connectivity index is 1.99. The van der Waals surface area contributed by atoms with E-state index in [1.165, 1.54) is 31.7 Å². The van der Waals surface area contributed by atoms with Crippen molar-refractivity contribution in [2.45, 2.75) is 52.0 Å². The van der Waals surface area contributed by atoms with Crippen LogP contribution in [0.1, 0.15) is 45.1 Å². The molecule has 2 rings (SSSR count). The fourth-order valence-corrected chi connectivity index (χ4v) is 3.66. The monoisotopic (exact) mass is 295 g/mol. The first-order valence-corrected chi connectivity index (χ1v) is 8.13. The molecule has 1 saturated carbocycles. The number of benzene rings is 1. The Morgan fingerprint density at radius 2 is 1.71 bits per heavy atom. The Hall–Kier alpha value is -0.960. The molecule has 3 heteroatoms. The van der Waals surface area contributed by atoms with Gasteiger partial charge in [-0.3, -0.25) is 0 Å². The lowest BCUT2D eigenvalue weighted by atomic mass is 9.73. The summed E-state index contributed by atoms with van der Waals surface area (Å²) in [5, 5.41) is 3.32. The van der Waals surface area contributed by atoms with Crippen LogP contribution in [-0.2, 0) is 6.42 Å². The van der Waals surface area contributed by atoms with Crippen molar-refractivity contribution in [3.05, 3.63) is 35.4 Å². The molecule has 0 saturated heterocycles. The molecule has 1 N–H and O–H groups in total. The summed E-state index contributed by atoms with van der Waals surface area (Å²) in [5.74, 6) is 0.705. The van der Waals surface area contributed by atoms with E-state index >= 15 is 0 Å². The molecule has 0 heterocycles. The van der Waals surface area contributed by atoms with Gasteiger partial charge in [0.15, 0.2) is 11.6 Å². The number of hydrogen-bond donors (Lipinski definition) is 1. The molecule has 1 aliphatic rings. The van der Waals surface area contributed by atoms with E-state index in [2.05, 4.69) is 19.2 Å². The van der Waals surface area contributed by atoms with Gasteiger partial charge in [0, 0.05) is 6.04 Å². The van der Waals surface area contributed by atoms with E-state index in [1.807, 2.05) is 7.05 Å². The fourth-order valence-electron chi connectivity index (χ4n) is 3.66. The predicted molar refractivity (Wildman–Crippen MR) is 83.2 cm³/mol. The van der Waals surface area contributed by atoms with E-state index in [4.69, 9.17) is 0 Å². The maximum absolute atomic E-state index is 13.8. The minimum Gasteiger partial charge on any atom is -0.316 e. The van der Waals surface area contributed by atoms with Crippen LogP contribution in [0.3, 0.4) is 0 Å². The average Bonchev–Trinajstić information content (AvgIpc) is 2.49. The van der Waals surface area contributed by atoms with Gasteiger partial charge in [-0.25, -0.2) is 8.78 Å². The quantitative estimate of drug-likeness (QED) is 0.840. The Morgan fingerprint density at radius 3 is 2.29 bits per heavy atom. The molecule has 0 aromatic heterocycles. The second kappa shape index (κ2) is 7.35. The van der Waals surface area contributed by atoms with Gasteiger partial charge < -0.3 is 5.32 Å². The summed E-state index contributed by atoms with van der Waals surface area (Å²) in [6.07, 6.45) is 5.45. The van der Waals surface area contributed by atoms with Crippen LogP contribution in [0, 0.1) is 29.4 Å². The van der Waals surface area contributed by atoms with Crippen LogP contribution in [0.2, 0.25) is 0 Å². The molecule has 1 unspecified atom stereocenters. The molecule has 1 aromatic carbocycles. The van der Waals surface area contributed by atoms with E-state index in [1.54, 1.807) is 12.1 Å². The summed E-state index contributed by atoms with van der Waals surface area (Å²) in [6.45, 7) is 4.59. The molecule has 21 heavy (non-hydrogen) atoms. The predicted octanol–water partition coefficient (Wildman–Crippen LogP) is 4.56. The highest BCUT2D eigenvalue weighted by Crippen LogP contribution is 2.35. The third-order valence-corrected chi connectivity index (χ3v) is 5.17. The normalized spacial score (nSPS) is 24.3. The zero-order valence-corrected chi connectivity index (χ0v) is 13.3. The first-order chi connectivity index (χ1) is 10.0. The van der Waals surface area contributed by atoms with E-state index in [0.29, 0.717) is 17.9 Å². The van der Waals surface area contributed by atoms with Crippen molar-refractivity contribution >= 4 is 0 Å². The van der Waals surface area contributed by atoms with Crippen LogP contribution in [0.5, 0.6) is 0 Å². The molecule has 1 fully saturated rings. The second-order valence-corrected chi connectivity index (χ2v) is 6.73. The Morgan fingerprint density at radius 1 is 1.10 bits per heavy atom. The van der Waals surface area contributed by atoms with Gasteiger partial charge in [0.2, 0.25) is 0 Å². The van der Waals surface area contributed by atoms with Crippen molar-refractivity contribution in [1.29, 1.82) is 0 Å². The summed E-state index contributed by atoms with van der Waals surface area (Å²) in [5.41, 5.74) is 0.486. The third kappa shape index (κ3) is 4.03. The lowest BCUT2D eigenvalue weighted by Gasteiger charge is -2.35. The summed E-state index contributed by atoms with van der Waals surface area (Å²) >= 11 is 0. The van der Waals surface area contributed by atoms with Crippen molar-refractivity contribution < 1.29 is 8.78 Å². The maximum atomic E-state index is 13.8. The summed E-state index contributed by atoms with van der Waals surface area (Å²) in [6, 6.07) is 4.70. The standard InChI is InChI=1S/C18H27F2N/c1-12(2)13-7-9-14(10-8-13)17(21-3)11-15-5-4-6-16(19)18(15)20/h4-6,12-14,17,21H,7-11H2,1-3H3. The molecule has 1 atom stereocenters. The molecule has 0 bridgehead atoms. The highest BCUT2D eigenvalue weighted by Gasteiger charge is 2.28. The molecule has 0 aliphatic heterocycles. The molecule has 0 spiro atoms. The van der Waals surface area contributed by atoms with E-state index in [9.17, 15) is 8.78 Å². The van der Waals surface area contributed by atoms with Gasteiger partial charge in [-0.2, -0.15) is 0 Å². The number of halogens is 2. The molecule has 1 nitrogen and oxygen atoms in total. The topological polar surface area (TPSA) is 12.0 Å². The highest BCUT2D eigenvalue weighted by atomic mass is 19.2. The summed E-state index contributed by atoms with van der Waals surface area (Å²) in [4.78, 5) is 0. The van der Waals surface area contributed by atoms with Crippen LogP contribution in [0.25, 0.3) is 0 Å². The second-order valence-electron chi connectivity index (χ2n) is 6.73. The van der Waals surface area contributed by atoms with Crippen LogP contribution in [0.4, 0.5) is 8.78 Å². The molecule has 0 amide bonds. The Labute approximate surface area is 127 Å². The number of nitrogens with one attached hydrogen (secondary N) is 1. The smallest absolute Gasteiger partial charge is 0.162 e. The average molecular weight is 295 g/mol. The maximum Gasteiger partial charge on any atom is 0.162 e. The lowest BCUT2D eigenvalue weighted by molar-refractivity contribution is 0.191. The van der Waals surface area contributed by atoms with Crippen LogP contribution >= 0.6 is 0 Å². The molecular formula is C18H27F2N. The van der Waals surface area contributed by atoms with Crippen LogP contribution < -0.4 is 5.32 Å². The Bertz CT molecular complexity index is 451. The molecule has 0 radical (unpaired) electrons.